The largest absolute Gasteiger partial charge is 0.484 e. The molecule has 0 bridgehead atoms. The number of benzene rings is 2. The summed E-state index contributed by atoms with van der Waals surface area (Å²) in [4.78, 5) is 23.8. The Balaban J connectivity index is 0.000000324. The van der Waals surface area contributed by atoms with Gasteiger partial charge in [-0.3, -0.25) is 9.59 Å². The molecule has 0 aromatic heterocycles. The SMILES string of the molecule is CNC(C)=O.Nc1cccc2c1C(=O)C1c3cc(S)c(S)cc3OC21. The van der Waals surface area contributed by atoms with E-state index in [0.29, 0.717) is 17.0 Å². The Morgan fingerprint density at radius 3 is 2.48 bits per heavy atom. The van der Waals surface area contributed by atoms with E-state index in [9.17, 15) is 9.59 Å². The minimum atomic E-state index is -0.315. The van der Waals surface area contributed by atoms with Crippen LogP contribution >= 0.6 is 25.3 Å². The van der Waals surface area contributed by atoms with Gasteiger partial charge >= 0.3 is 0 Å². The molecule has 5 nitrogen and oxygen atoms in total. The van der Waals surface area contributed by atoms with Crippen LogP contribution in [0.4, 0.5) is 5.69 Å². The fourth-order valence-corrected chi connectivity index (χ4v) is 3.46. The molecule has 7 heteroatoms. The summed E-state index contributed by atoms with van der Waals surface area (Å²) in [6, 6.07) is 9.19. The Morgan fingerprint density at radius 2 is 1.84 bits per heavy atom. The minimum absolute atomic E-state index is 0.00463. The Bertz CT molecular complexity index is 883. The second-order valence-electron chi connectivity index (χ2n) is 5.88. The van der Waals surface area contributed by atoms with E-state index < -0.39 is 0 Å². The summed E-state index contributed by atoms with van der Waals surface area (Å²) in [6.07, 6.45) is -0.279. The molecule has 2 aromatic carbocycles. The lowest BCUT2D eigenvalue weighted by molar-refractivity contribution is -0.118. The first-order valence-corrected chi connectivity index (χ1v) is 8.58. The Labute approximate surface area is 156 Å². The number of Topliss-reactive ketones (excluding diaryl/α,β-unsaturated/α-hetero) is 1. The molecule has 2 atom stereocenters. The van der Waals surface area contributed by atoms with Crippen LogP contribution in [-0.4, -0.2) is 18.7 Å². The highest BCUT2D eigenvalue weighted by molar-refractivity contribution is 7.83. The van der Waals surface area contributed by atoms with Crippen molar-refractivity contribution < 1.29 is 14.3 Å². The van der Waals surface area contributed by atoms with Crippen molar-refractivity contribution in [3.63, 3.8) is 0 Å². The standard InChI is InChI=1S/C15H11NO2S2.C3H7NO/c16-8-3-1-2-6-12(8)14(17)13-7-4-10(19)11(20)5-9(7)18-15(6)13;1-3(5)4-2/h1-5,13,15,19-20H,16H2;1-2H3,(H,4,5). The van der Waals surface area contributed by atoms with E-state index in [1.165, 1.54) is 6.92 Å². The quantitative estimate of drug-likeness (QED) is 0.422. The summed E-state index contributed by atoms with van der Waals surface area (Å²) in [5.41, 5.74) is 8.80. The molecule has 0 fully saturated rings. The van der Waals surface area contributed by atoms with Gasteiger partial charge in [-0.1, -0.05) is 12.1 Å². The summed E-state index contributed by atoms with van der Waals surface area (Å²) in [5.74, 6) is 0.431. The third-order valence-corrected chi connectivity index (χ3v) is 5.23. The number of nitrogen functional groups attached to an aromatic ring is 1. The summed E-state index contributed by atoms with van der Waals surface area (Å²) in [5, 5.41) is 2.39. The van der Waals surface area contributed by atoms with Gasteiger partial charge in [0.2, 0.25) is 5.91 Å². The molecule has 0 radical (unpaired) electrons. The maximum atomic E-state index is 12.7. The van der Waals surface area contributed by atoms with Gasteiger partial charge in [0, 0.05) is 46.1 Å². The molecule has 0 spiro atoms. The van der Waals surface area contributed by atoms with Crippen LogP contribution in [0.15, 0.2) is 40.1 Å². The molecular formula is C18H18N2O3S2. The fourth-order valence-electron chi connectivity index (χ4n) is 3.07. The summed E-state index contributed by atoms with van der Waals surface area (Å²) < 4.78 is 5.96. The number of nitrogens with one attached hydrogen (secondary N) is 1. The first-order chi connectivity index (χ1) is 11.8. The number of rotatable bonds is 0. The first-order valence-electron chi connectivity index (χ1n) is 7.68. The summed E-state index contributed by atoms with van der Waals surface area (Å²) in [7, 11) is 1.60. The van der Waals surface area contributed by atoms with Crippen molar-refractivity contribution in [3.05, 3.63) is 47.0 Å². The van der Waals surface area contributed by atoms with Gasteiger partial charge in [0.15, 0.2) is 5.78 Å². The lowest BCUT2D eigenvalue weighted by Gasteiger charge is -2.10. The number of amides is 1. The average molecular weight is 374 g/mol. The molecule has 4 rings (SSSR count). The van der Waals surface area contributed by atoms with E-state index in [1.807, 2.05) is 24.3 Å². The van der Waals surface area contributed by atoms with Gasteiger partial charge in [-0.05, 0) is 18.2 Å². The number of thiol groups is 2. The number of fused-ring (bicyclic) bond motifs is 5. The monoisotopic (exact) mass is 374 g/mol. The van der Waals surface area contributed by atoms with Crippen LogP contribution in [0.3, 0.4) is 0 Å². The number of ketones is 1. The van der Waals surface area contributed by atoms with Crippen molar-refractivity contribution in [2.45, 2.75) is 28.7 Å². The highest BCUT2D eigenvalue weighted by Crippen LogP contribution is 2.54. The van der Waals surface area contributed by atoms with Gasteiger partial charge in [-0.15, -0.1) is 25.3 Å². The third-order valence-electron chi connectivity index (χ3n) is 4.32. The zero-order chi connectivity index (χ0) is 18.3. The topological polar surface area (TPSA) is 81.4 Å². The van der Waals surface area contributed by atoms with Gasteiger partial charge in [0.25, 0.3) is 0 Å². The van der Waals surface area contributed by atoms with Gasteiger partial charge in [-0.2, -0.15) is 0 Å². The molecule has 25 heavy (non-hydrogen) atoms. The van der Waals surface area contributed by atoms with Crippen molar-refractivity contribution in [3.8, 4) is 5.75 Å². The number of anilines is 1. The molecule has 2 aliphatic rings. The second-order valence-corrected chi connectivity index (χ2v) is 6.84. The van der Waals surface area contributed by atoms with Crippen molar-refractivity contribution in [2.24, 2.45) is 0 Å². The summed E-state index contributed by atoms with van der Waals surface area (Å²) >= 11 is 8.71. The van der Waals surface area contributed by atoms with E-state index in [4.69, 9.17) is 10.5 Å². The zero-order valence-corrected chi connectivity index (χ0v) is 15.5. The second kappa shape index (κ2) is 6.65. The van der Waals surface area contributed by atoms with Crippen LogP contribution in [0.5, 0.6) is 5.75 Å². The maximum Gasteiger partial charge on any atom is 0.216 e. The van der Waals surface area contributed by atoms with Gasteiger partial charge in [0.1, 0.15) is 11.9 Å². The average Bonchev–Trinajstić information content (AvgIpc) is 3.06. The highest BCUT2D eigenvalue weighted by Gasteiger charge is 2.48. The van der Waals surface area contributed by atoms with E-state index in [2.05, 4.69) is 30.6 Å². The van der Waals surface area contributed by atoms with E-state index in [0.717, 1.165) is 20.9 Å². The predicted molar refractivity (Wildman–Crippen MR) is 102 cm³/mol. The van der Waals surface area contributed by atoms with Crippen LogP contribution in [0.1, 0.15) is 40.4 Å². The molecule has 1 aliphatic heterocycles. The molecule has 0 saturated carbocycles. The molecule has 1 heterocycles. The number of hydrogen-bond acceptors (Lipinski definition) is 6. The third kappa shape index (κ3) is 2.98. The van der Waals surface area contributed by atoms with Crippen molar-refractivity contribution in [1.29, 1.82) is 0 Å². The minimum Gasteiger partial charge on any atom is -0.484 e. The number of carbonyl (C=O) groups excluding carboxylic acids is 2. The number of nitrogens with two attached hydrogens (primary N) is 1. The lowest BCUT2D eigenvalue weighted by Crippen LogP contribution is -2.11. The van der Waals surface area contributed by atoms with E-state index in [-0.39, 0.29) is 23.7 Å². The molecule has 3 N–H and O–H groups in total. The van der Waals surface area contributed by atoms with Crippen molar-refractivity contribution in [2.75, 3.05) is 12.8 Å². The van der Waals surface area contributed by atoms with Crippen molar-refractivity contribution in [1.82, 2.24) is 5.32 Å². The molecule has 0 saturated heterocycles. The smallest absolute Gasteiger partial charge is 0.216 e. The van der Waals surface area contributed by atoms with Crippen LogP contribution < -0.4 is 15.8 Å². The molecule has 2 aromatic rings. The number of hydrogen-bond donors (Lipinski definition) is 4. The summed E-state index contributed by atoms with van der Waals surface area (Å²) in [6.45, 7) is 1.47. The van der Waals surface area contributed by atoms with Crippen LogP contribution in [0, 0.1) is 0 Å². The number of carbonyl (C=O) groups is 2. The predicted octanol–water partition coefficient (Wildman–Crippen LogP) is 3.01. The van der Waals surface area contributed by atoms with Gasteiger partial charge in [-0.25, -0.2) is 0 Å². The maximum absolute atomic E-state index is 12.7. The molecule has 2 unspecified atom stereocenters. The Hall–Kier alpha value is -2.12. The Morgan fingerprint density at radius 1 is 1.20 bits per heavy atom. The van der Waals surface area contributed by atoms with Gasteiger partial charge in [0.05, 0.1) is 5.92 Å². The van der Waals surface area contributed by atoms with Crippen molar-refractivity contribution >= 4 is 42.6 Å². The van der Waals surface area contributed by atoms with E-state index in [1.54, 1.807) is 13.1 Å². The molecule has 130 valence electrons. The first kappa shape index (κ1) is 17.7. The van der Waals surface area contributed by atoms with Crippen LogP contribution in [0.2, 0.25) is 0 Å². The van der Waals surface area contributed by atoms with Crippen LogP contribution in [-0.2, 0) is 4.79 Å². The zero-order valence-electron chi connectivity index (χ0n) is 13.7. The Kier molecular flexibility index (Phi) is 4.71. The lowest BCUT2D eigenvalue weighted by atomic mass is 9.95. The highest BCUT2D eigenvalue weighted by atomic mass is 32.1. The van der Waals surface area contributed by atoms with Gasteiger partial charge < -0.3 is 15.8 Å². The van der Waals surface area contributed by atoms with E-state index >= 15 is 0 Å². The molecule has 1 amide bonds. The fraction of sp³-hybridized carbons (Fsp3) is 0.222. The normalized spacial score (nSPS) is 19.1. The van der Waals surface area contributed by atoms with Crippen LogP contribution in [0.25, 0.3) is 0 Å². The molecule has 1 aliphatic carbocycles. The molecular weight excluding hydrogens is 356 g/mol. The number of ether oxygens (including phenoxy) is 1.